The second kappa shape index (κ2) is 7.66. The number of halogens is 1. The maximum absolute atomic E-state index is 11.9. The van der Waals surface area contributed by atoms with Gasteiger partial charge in [-0.2, -0.15) is 0 Å². The maximum Gasteiger partial charge on any atom is 0.252 e. The summed E-state index contributed by atoms with van der Waals surface area (Å²) in [5.74, 6) is 0.0292. The maximum atomic E-state index is 11.9. The van der Waals surface area contributed by atoms with Gasteiger partial charge < -0.3 is 10.2 Å². The molecule has 1 aromatic carbocycles. The summed E-state index contributed by atoms with van der Waals surface area (Å²) in [6, 6.07) is 7.65. The molecule has 17 heavy (non-hydrogen) atoms. The lowest BCUT2D eigenvalue weighted by atomic mass is 10.2. The van der Waals surface area contributed by atoms with Crippen LogP contribution in [0.3, 0.4) is 0 Å². The third kappa shape index (κ3) is 4.63. The van der Waals surface area contributed by atoms with E-state index in [0.29, 0.717) is 0 Å². The van der Waals surface area contributed by atoms with Crippen molar-refractivity contribution in [3.8, 4) is 0 Å². The zero-order chi connectivity index (χ0) is 12.7. The molecule has 0 heterocycles. The Morgan fingerprint density at radius 1 is 1.29 bits per heavy atom. The topological polar surface area (TPSA) is 33.5 Å². The number of hydrogen-bond donors (Lipinski definition) is 2. The van der Waals surface area contributed by atoms with E-state index in [1.807, 2.05) is 24.3 Å². The Kier molecular flexibility index (Phi) is 6.50. The van der Waals surface area contributed by atoms with Crippen LogP contribution in [-0.4, -0.2) is 32.1 Å². The van der Waals surface area contributed by atoms with Crippen LogP contribution >= 0.6 is 22.6 Å². The Bertz CT molecular complexity index is 364. The minimum atomic E-state index is 0.0292. The highest BCUT2D eigenvalue weighted by Gasteiger charge is 2.09. The fourth-order valence-corrected chi connectivity index (χ4v) is 2.33. The number of nitrogens with one attached hydrogen (secondary N) is 2. The molecular formula is C13H20IN2O+. The molecule has 0 fully saturated rings. The summed E-state index contributed by atoms with van der Waals surface area (Å²) in [7, 11) is 0. The quantitative estimate of drug-likeness (QED) is 0.738. The summed E-state index contributed by atoms with van der Waals surface area (Å²) in [5.41, 5.74) is 0.766. The van der Waals surface area contributed by atoms with Gasteiger partial charge in [-0.15, -0.1) is 0 Å². The van der Waals surface area contributed by atoms with E-state index in [1.54, 1.807) is 0 Å². The van der Waals surface area contributed by atoms with Crippen molar-refractivity contribution in [3.63, 3.8) is 0 Å². The Labute approximate surface area is 117 Å². The highest BCUT2D eigenvalue weighted by atomic mass is 127. The fraction of sp³-hybridized carbons (Fsp3) is 0.462. The van der Waals surface area contributed by atoms with Crippen LogP contribution in [0.4, 0.5) is 0 Å². The number of benzene rings is 1. The normalized spacial score (nSPS) is 10.6. The number of quaternary nitrogens is 1. The number of carbonyl (C=O) groups excluding carboxylic acids is 1. The van der Waals surface area contributed by atoms with E-state index in [0.717, 1.165) is 35.3 Å². The lowest BCUT2D eigenvalue weighted by Crippen LogP contribution is -3.12. The first-order valence-corrected chi connectivity index (χ1v) is 7.13. The molecule has 0 aromatic heterocycles. The van der Waals surface area contributed by atoms with Crippen LogP contribution in [0.1, 0.15) is 24.2 Å². The van der Waals surface area contributed by atoms with E-state index < -0.39 is 0 Å². The molecule has 94 valence electrons. The third-order valence-corrected chi connectivity index (χ3v) is 3.82. The molecule has 0 aliphatic rings. The van der Waals surface area contributed by atoms with Gasteiger partial charge in [-0.3, -0.25) is 4.79 Å². The van der Waals surface area contributed by atoms with Crippen LogP contribution < -0.4 is 10.2 Å². The highest BCUT2D eigenvalue weighted by molar-refractivity contribution is 14.1. The summed E-state index contributed by atoms with van der Waals surface area (Å²) < 4.78 is 0.998. The van der Waals surface area contributed by atoms with E-state index in [-0.39, 0.29) is 5.91 Å². The SMILES string of the molecule is CC[NH+](CC)CCNC(=O)c1ccccc1I. The minimum absolute atomic E-state index is 0.0292. The number of hydrogen-bond acceptors (Lipinski definition) is 1. The zero-order valence-corrected chi connectivity index (χ0v) is 12.6. The molecule has 0 atom stereocenters. The van der Waals surface area contributed by atoms with Crippen molar-refractivity contribution >= 4 is 28.5 Å². The molecule has 3 nitrogen and oxygen atoms in total. The lowest BCUT2D eigenvalue weighted by molar-refractivity contribution is -0.895. The van der Waals surface area contributed by atoms with E-state index in [4.69, 9.17) is 0 Å². The molecule has 0 saturated heterocycles. The van der Waals surface area contributed by atoms with E-state index in [9.17, 15) is 4.79 Å². The van der Waals surface area contributed by atoms with E-state index in [1.165, 1.54) is 4.90 Å². The Morgan fingerprint density at radius 3 is 2.53 bits per heavy atom. The Hall–Kier alpha value is -0.620. The third-order valence-electron chi connectivity index (χ3n) is 2.88. The number of carbonyl (C=O) groups is 1. The molecule has 0 aliphatic carbocycles. The molecule has 0 bridgehead atoms. The van der Waals surface area contributed by atoms with Gasteiger partial charge in [0.25, 0.3) is 5.91 Å². The van der Waals surface area contributed by atoms with Crippen LogP contribution in [0.2, 0.25) is 0 Å². The van der Waals surface area contributed by atoms with Gasteiger partial charge in [-0.05, 0) is 48.6 Å². The molecule has 4 heteroatoms. The van der Waals surface area contributed by atoms with Crippen molar-refractivity contribution in [1.82, 2.24) is 5.32 Å². The van der Waals surface area contributed by atoms with Gasteiger partial charge in [0.15, 0.2) is 0 Å². The van der Waals surface area contributed by atoms with Crippen molar-refractivity contribution in [2.75, 3.05) is 26.2 Å². The van der Waals surface area contributed by atoms with Gasteiger partial charge in [-0.25, -0.2) is 0 Å². The van der Waals surface area contributed by atoms with Crippen LogP contribution in [0.25, 0.3) is 0 Å². The van der Waals surface area contributed by atoms with Crippen molar-refractivity contribution in [1.29, 1.82) is 0 Å². The molecule has 1 amide bonds. The first-order chi connectivity index (χ1) is 8.19. The van der Waals surface area contributed by atoms with E-state index >= 15 is 0 Å². The predicted molar refractivity (Wildman–Crippen MR) is 78.4 cm³/mol. The van der Waals surface area contributed by atoms with Crippen molar-refractivity contribution in [2.24, 2.45) is 0 Å². The van der Waals surface area contributed by atoms with Gasteiger partial charge in [-0.1, -0.05) is 12.1 Å². The average Bonchev–Trinajstić information content (AvgIpc) is 2.35. The molecule has 0 saturated carbocycles. The number of amides is 1. The van der Waals surface area contributed by atoms with Gasteiger partial charge in [0, 0.05) is 3.57 Å². The summed E-state index contributed by atoms with van der Waals surface area (Å²) in [4.78, 5) is 13.4. The molecule has 1 aromatic rings. The summed E-state index contributed by atoms with van der Waals surface area (Å²) in [6.45, 7) is 8.27. The van der Waals surface area contributed by atoms with Crippen molar-refractivity contribution < 1.29 is 9.69 Å². The van der Waals surface area contributed by atoms with Crippen molar-refractivity contribution in [3.05, 3.63) is 33.4 Å². The largest absolute Gasteiger partial charge is 0.346 e. The van der Waals surface area contributed by atoms with Gasteiger partial charge in [0.1, 0.15) is 0 Å². The van der Waals surface area contributed by atoms with Crippen LogP contribution in [0.5, 0.6) is 0 Å². The Morgan fingerprint density at radius 2 is 1.94 bits per heavy atom. The molecule has 0 spiro atoms. The molecular weight excluding hydrogens is 327 g/mol. The monoisotopic (exact) mass is 347 g/mol. The van der Waals surface area contributed by atoms with Crippen molar-refractivity contribution in [2.45, 2.75) is 13.8 Å². The summed E-state index contributed by atoms with van der Waals surface area (Å²) >= 11 is 2.19. The second-order valence-corrected chi connectivity index (χ2v) is 5.11. The van der Waals surface area contributed by atoms with E-state index in [2.05, 4.69) is 41.8 Å². The summed E-state index contributed by atoms with van der Waals surface area (Å²) in [6.07, 6.45) is 0. The van der Waals surface area contributed by atoms with Crippen LogP contribution in [-0.2, 0) is 0 Å². The predicted octanol–water partition coefficient (Wildman–Crippen LogP) is 0.946. The second-order valence-electron chi connectivity index (χ2n) is 3.94. The molecule has 0 aliphatic heterocycles. The lowest BCUT2D eigenvalue weighted by Gasteiger charge is -2.15. The average molecular weight is 347 g/mol. The van der Waals surface area contributed by atoms with Crippen LogP contribution in [0.15, 0.2) is 24.3 Å². The number of rotatable bonds is 6. The fourth-order valence-electron chi connectivity index (χ4n) is 1.70. The van der Waals surface area contributed by atoms with Gasteiger partial charge in [0.05, 0.1) is 31.7 Å². The minimum Gasteiger partial charge on any atom is -0.346 e. The molecule has 2 N–H and O–H groups in total. The van der Waals surface area contributed by atoms with Crippen LogP contribution in [0, 0.1) is 3.57 Å². The standard InChI is InChI=1S/C13H19IN2O/c1-3-16(4-2)10-9-15-13(17)11-7-5-6-8-12(11)14/h5-8H,3-4,9-10H2,1-2H3,(H,15,17)/p+1. The summed E-state index contributed by atoms with van der Waals surface area (Å²) in [5, 5.41) is 2.97. The van der Waals surface area contributed by atoms with Gasteiger partial charge >= 0.3 is 0 Å². The smallest absolute Gasteiger partial charge is 0.252 e. The first kappa shape index (κ1) is 14.4. The van der Waals surface area contributed by atoms with Gasteiger partial charge in [0.2, 0.25) is 0 Å². The number of likely N-dealkylation sites (N-methyl/N-ethyl adjacent to an activating group) is 1. The highest BCUT2D eigenvalue weighted by Crippen LogP contribution is 2.10. The molecule has 1 rings (SSSR count). The molecule has 0 radical (unpaired) electrons. The Balaban J connectivity index is 2.43. The molecule has 0 unspecified atom stereocenters. The first-order valence-electron chi connectivity index (χ1n) is 6.05. The zero-order valence-electron chi connectivity index (χ0n) is 10.4.